The van der Waals surface area contributed by atoms with E-state index in [1.165, 1.54) is 6.42 Å². The van der Waals surface area contributed by atoms with Crippen LogP contribution in [0, 0.1) is 5.92 Å². The van der Waals surface area contributed by atoms with Crippen molar-refractivity contribution in [1.82, 2.24) is 14.9 Å². The second-order valence-electron chi connectivity index (χ2n) is 5.65. The number of fused-ring (bicyclic) bond motifs is 1. The summed E-state index contributed by atoms with van der Waals surface area (Å²) in [6.07, 6.45) is 5.94. The smallest absolute Gasteiger partial charge is 0.152 e. The van der Waals surface area contributed by atoms with E-state index in [1.54, 1.807) is 6.20 Å². The van der Waals surface area contributed by atoms with Crippen molar-refractivity contribution < 1.29 is 5.11 Å². The molecule has 112 valence electrons. The minimum Gasteiger partial charge on any atom is -0.396 e. The maximum Gasteiger partial charge on any atom is 0.152 e. The third-order valence-electron chi connectivity index (χ3n) is 4.10. The first kappa shape index (κ1) is 14.2. The number of nitrogens with zero attached hydrogens (tertiary/aromatic N) is 3. The van der Waals surface area contributed by atoms with E-state index in [9.17, 15) is 5.11 Å². The van der Waals surface area contributed by atoms with E-state index >= 15 is 0 Å². The molecule has 0 aliphatic carbocycles. The summed E-state index contributed by atoms with van der Waals surface area (Å²) < 4.78 is 0. The zero-order valence-corrected chi connectivity index (χ0v) is 12.2. The third-order valence-corrected chi connectivity index (χ3v) is 4.10. The highest BCUT2D eigenvalue weighted by atomic mass is 16.3. The molecule has 1 saturated heterocycles. The Morgan fingerprint density at radius 2 is 2.24 bits per heavy atom. The molecule has 0 radical (unpaired) electrons. The van der Waals surface area contributed by atoms with Gasteiger partial charge in [0.1, 0.15) is 5.52 Å². The van der Waals surface area contributed by atoms with Crippen LogP contribution in [0.25, 0.3) is 10.9 Å². The summed E-state index contributed by atoms with van der Waals surface area (Å²) in [7, 11) is 0. The van der Waals surface area contributed by atoms with Gasteiger partial charge < -0.3 is 15.3 Å². The molecular weight excluding hydrogens is 264 g/mol. The van der Waals surface area contributed by atoms with Crippen LogP contribution in [0.3, 0.4) is 0 Å². The number of hydrogen-bond acceptors (Lipinski definition) is 5. The molecule has 5 heteroatoms. The lowest BCUT2D eigenvalue weighted by Crippen LogP contribution is -2.39. The van der Waals surface area contributed by atoms with Crippen LogP contribution in [0.15, 0.2) is 30.6 Å². The molecular formula is C16H22N4O. The van der Waals surface area contributed by atoms with Gasteiger partial charge in [0, 0.05) is 44.0 Å². The SMILES string of the molecule is OCC1CCCN(CCNc2nccc3cccnc23)C1. The van der Waals surface area contributed by atoms with E-state index in [-0.39, 0.29) is 0 Å². The lowest BCUT2D eigenvalue weighted by molar-refractivity contribution is 0.123. The van der Waals surface area contributed by atoms with Gasteiger partial charge in [-0.2, -0.15) is 0 Å². The Labute approximate surface area is 125 Å². The zero-order valence-electron chi connectivity index (χ0n) is 12.2. The van der Waals surface area contributed by atoms with Gasteiger partial charge >= 0.3 is 0 Å². The van der Waals surface area contributed by atoms with Gasteiger partial charge in [-0.05, 0) is 37.4 Å². The number of aliphatic hydroxyl groups is 1. The Balaban J connectivity index is 1.57. The van der Waals surface area contributed by atoms with Crippen molar-refractivity contribution in [3.8, 4) is 0 Å². The second kappa shape index (κ2) is 6.83. The van der Waals surface area contributed by atoms with Crippen LogP contribution in [0.4, 0.5) is 5.82 Å². The summed E-state index contributed by atoms with van der Waals surface area (Å²) >= 11 is 0. The van der Waals surface area contributed by atoms with Crippen LogP contribution in [0.1, 0.15) is 12.8 Å². The average Bonchev–Trinajstić information content (AvgIpc) is 2.55. The first-order valence-corrected chi connectivity index (χ1v) is 7.63. The molecule has 0 amide bonds. The van der Waals surface area contributed by atoms with Crippen LogP contribution < -0.4 is 5.32 Å². The quantitative estimate of drug-likeness (QED) is 0.877. The molecule has 0 aromatic carbocycles. The molecule has 3 rings (SSSR count). The number of hydrogen-bond donors (Lipinski definition) is 2. The van der Waals surface area contributed by atoms with Crippen molar-refractivity contribution in [3.63, 3.8) is 0 Å². The summed E-state index contributed by atoms with van der Waals surface area (Å²) in [5.74, 6) is 1.29. The lowest BCUT2D eigenvalue weighted by Gasteiger charge is -2.31. The fourth-order valence-electron chi connectivity index (χ4n) is 2.97. The maximum atomic E-state index is 9.27. The van der Waals surface area contributed by atoms with Gasteiger partial charge in [0.05, 0.1) is 0 Å². The van der Waals surface area contributed by atoms with Crippen LogP contribution in [0.2, 0.25) is 0 Å². The van der Waals surface area contributed by atoms with E-state index in [1.807, 2.05) is 24.4 Å². The minimum atomic E-state index is 0.304. The first-order chi connectivity index (χ1) is 10.4. The fraction of sp³-hybridized carbons (Fsp3) is 0.500. The fourth-order valence-corrected chi connectivity index (χ4v) is 2.97. The monoisotopic (exact) mass is 286 g/mol. The third kappa shape index (κ3) is 3.49. The number of nitrogens with one attached hydrogen (secondary N) is 1. The lowest BCUT2D eigenvalue weighted by atomic mass is 9.99. The topological polar surface area (TPSA) is 61.3 Å². The Kier molecular flexibility index (Phi) is 4.62. The Bertz CT molecular complexity index is 584. The van der Waals surface area contributed by atoms with E-state index in [4.69, 9.17) is 0 Å². The molecule has 3 heterocycles. The zero-order chi connectivity index (χ0) is 14.5. The largest absolute Gasteiger partial charge is 0.396 e. The van der Waals surface area contributed by atoms with Gasteiger partial charge in [-0.15, -0.1) is 0 Å². The standard InChI is InChI=1S/C16H22N4O/c21-12-13-3-2-9-20(11-13)10-8-19-16-15-14(5-7-18-16)4-1-6-17-15/h1,4-7,13,21H,2-3,8-12H2,(H,18,19). The summed E-state index contributed by atoms with van der Waals surface area (Å²) in [4.78, 5) is 11.2. The molecule has 1 aliphatic rings. The molecule has 1 unspecified atom stereocenters. The summed E-state index contributed by atoms with van der Waals surface area (Å²) in [6, 6.07) is 5.96. The highest BCUT2D eigenvalue weighted by Crippen LogP contribution is 2.18. The highest BCUT2D eigenvalue weighted by molar-refractivity contribution is 5.87. The van der Waals surface area contributed by atoms with Crippen LogP contribution in [-0.4, -0.2) is 52.8 Å². The van der Waals surface area contributed by atoms with Crippen LogP contribution >= 0.6 is 0 Å². The molecule has 2 aromatic rings. The number of pyridine rings is 2. The molecule has 2 aromatic heterocycles. The number of aliphatic hydroxyl groups excluding tert-OH is 1. The molecule has 0 bridgehead atoms. The summed E-state index contributed by atoms with van der Waals surface area (Å²) in [5.41, 5.74) is 0.923. The Hall–Kier alpha value is -1.72. The summed E-state index contributed by atoms with van der Waals surface area (Å²) in [6.45, 7) is 4.25. The maximum absolute atomic E-state index is 9.27. The minimum absolute atomic E-state index is 0.304. The van der Waals surface area contributed by atoms with Crippen molar-refractivity contribution in [1.29, 1.82) is 0 Å². The van der Waals surface area contributed by atoms with Crippen molar-refractivity contribution >= 4 is 16.7 Å². The molecule has 21 heavy (non-hydrogen) atoms. The van der Waals surface area contributed by atoms with E-state index in [0.717, 1.165) is 49.3 Å². The average molecular weight is 286 g/mol. The summed E-state index contributed by atoms with van der Waals surface area (Å²) in [5, 5.41) is 13.8. The van der Waals surface area contributed by atoms with Crippen LogP contribution in [-0.2, 0) is 0 Å². The van der Waals surface area contributed by atoms with Gasteiger partial charge in [0.25, 0.3) is 0 Å². The second-order valence-corrected chi connectivity index (χ2v) is 5.65. The Morgan fingerprint density at radius 1 is 1.29 bits per heavy atom. The van der Waals surface area contributed by atoms with Gasteiger partial charge in [0.15, 0.2) is 5.82 Å². The normalized spacial score (nSPS) is 19.8. The van der Waals surface area contributed by atoms with Crippen molar-refractivity contribution in [3.05, 3.63) is 30.6 Å². The van der Waals surface area contributed by atoms with Crippen LogP contribution in [0.5, 0.6) is 0 Å². The number of piperidine rings is 1. The van der Waals surface area contributed by atoms with Crippen molar-refractivity contribution in [2.24, 2.45) is 5.92 Å². The first-order valence-electron chi connectivity index (χ1n) is 7.63. The predicted octanol–water partition coefficient (Wildman–Crippen LogP) is 1.75. The van der Waals surface area contributed by atoms with Gasteiger partial charge in [-0.25, -0.2) is 4.98 Å². The van der Waals surface area contributed by atoms with Crippen molar-refractivity contribution in [2.75, 3.05) is 38.1 Å². The van der Waals surface area contributed by atoms with Gasteiger partial charge in [0.2, 0.25) is 0 Å². The van der Waals surface area contributed by atoms with Gasteiger partial charge in [-0.3, -0.25) is 4.98 Å². The van der Waals surface area contributed by atoms with Crippen molar-refractivity contribution in [2.45, 2.75) is 12.8 Å². The molecule has 0 saturated carbocycles. The number of anilines is 1. The Morgan fingerprint density at radius 3 is 3.14 bits per heavy atom. The number of aromatic nitrogens is 2. The molecule has 1 aliphatic heterocycles. The van der Waals surface area contributed by atoms with E-state index < -0.39 is 0 Å². The van der Waals surface area contributed by atoms with Gasteiger partial charge in [-0.1, -0.05) is 6.07 Å². The van der Waals surface area contributed by atoms with E-state index in [0.29, 0.717) is 12.5 Å². The number of rotatable bonds is 5. The molecule has 5 nitrogen and oxygen atoms in total. The molecule has 1 atom stereocenters. The number of likely N-dealkylation sites (tertiary alicyclic amines) is 1. The molecule has 1 fully saturated rings. The molecule has 0 spiro atoms. The van der Waals surface area contributed by atoms with E-state index in [2.05, 4.69) is 20.2 Å². The predicted molar refractivity (Wildman–Crippen MR) is 84.3 cm³/mol. The molecule has 2 N–H and O–H groups in total. The highest BCUT2D eigenvalue weighted by Gasteiger charge is 2.18.